The Morgan fingerprint density at radius 2 is 1.69 bits per heavy atom. The zero-order chi connectivity index (χ0) is 12.5. The average molecular weight is 234 g/mol. The highest BCUT2D eigenvalue weighted by molar-refractivity contribution is 5.90. The Hall–Kier alpha value is -1.00. The molecule has 0 bridgehead atoms. The van der Waals surface area contributed by atoms with Crippen molar-refractivity contribution >= 4 is 11.8 Å². The van der Waals surface area contributed by atoms with Gasteiger partial charge in [-0.1, -0.05) is 0 Å². The van der Waals surface area contributed by atoms with Gasteiger partial charge in [-0.05, 0) is 33.6 Å². The Bertz CT molecular complexity index is 282. The van der Waals surface area contributed by atoms with Crippen molar-refractivity contribution in [1.29, 1.82) is 0 Å². The second-order valence-electron chi connectivity index (χ2n) is 5.04. The van der Waals surface area contributed by atoms with Crippen LogP contribution in [0.2, 0.25) is 0 Å². The zero-order valence-electron chi connectivity index (χ0n) is 9.63. The predicted molar refractivity (Wildman–Crippen MR) is 53.4 cm³/mol. The number of ether oxygens (including phenoxy) is 1. The molecule has 2 unspecified atom stereocenters. The zero-order valence-corrected chi connectivity index (χ0v) is 9.63. The van der Waals surface area contributed by atoms with Crippen LogP contribution in [-0.4, -0.2) is 29.7 Å². The van der Waals surface area contributed by atoms with E-state index in [4.69, 9.17) is 4.74 Å². The second kappa shape index (κ2) is 4.47. The topological polar surface area (TPSA) is 43.4 Å². The van der Waals surface area contributed by atoms with Crippen molar-refractivity contribution in [3.63, 3.8) is 0 Å². The fourth-order valence-electron chi connectivity index (χ4n) is 1.60. The number of esters is 1. The molecule has 0 aromatic carbocycles. The lowest BCUT2D eigenvalue weighted by Gasteiger charge is -2.28. The Morgan fingerprint density at radius 3 is 2.06 bits per heavy atom. The van der Waals surface area contributed by atoms with E-state index < -0.39 is 35.6 Å². The number of Topliss-reactive ketones (excluding diaryl/α,β-unsaturated/α-hetero) is 1. The maximum Gasteiger partial charge on any atom is 0.309 e. The molecule has 1 aliphatic rings. The minimum absolute atomic E-state index is 0.270. The van der Waals surface area contributed by atoms with E-state index in [0.29, 0.717) is 0 Å². The molecule has 5 heteroatoms. The molecule has 1 saturated carbocycles. The predicted octanol–water partition coefficient (Wildman–Crippen LogP) is 1.98. The molecule has 0 saturated heterocycles. The van der Waals surface area contributed by atoms with Gasteiger partial charge in [-0.15, -0.1) is 0 Å². The largest absolute Gasteiger partial charge is 0.460 e. The van der Waals surface area contributed by atoms with E-state index in [-0.39, 0.29) is 12.8 Å². The van der Waals surface area contributed by atoms with Gasteiger partial charge < -0.3 is 4.74 Å². The summed E-state index contributed by atoms with van der Waals surface area (Å²) in [5.74, 6) is -2.55. The summed E-state index contributed by atoms with van der Waals surface area (Å²) < 4.78 is 31.2. The Morgan fingerprint density at radius 1 is 1.25 bits per heavy atom. The third-order valence-corrected chi connectivity index (χ3v) is 2.34. The first-order chi connectivity index (χ1) is 7.20. The highest BCUT2D eigenvalue weighted by Crippen LogP contribution is 2.28. The third-order valence-electron chi connectivity index (χ3n) is 2.34. The highest BCUT2D eigenvalue weighted by atomic mass is 19.1. The van der Waals surface area contributed by atoms with Crippen LogP contribution in [0.3, 0.4) is 0 Å². The Kier molecular flexibility index (Phi) is 3.65. The molecule has 3 nitrogen and oxygen atoms in total. The number of hydrogen-bond donors (Lipinski definition) is 0. The normalized spacial score (nSPS) is 31.3. The maximum atomic E-state index is 13.1. The molecule has 92 valence electrons. The summed E-state index contributed by atoms with van der Waals surface area (Å²) in [6.45, 7) is 5.04. The molecule has 1 aliphatic carbocycles. The van der Waals surface area contributed by atoms with Crippen LogP contribution in [0.1, 0.15) is 33.6 Å². The number of alkyl halides is 2. The van der Waals surface area contributed by atoms with Gasteiger partial charge in [0.1, 0.15) is 5.60 Å². The fourth-order valence-corrected chi connectivity index (χ4v) is 1.60. The van der Waals surface area contributed by atoms with Crippen LogP contribution in [0, 0.1) is 5.92 Å². The lowest BCUT2D eigenvalue weighted by atomic mass is 9.86. The standard InChI is InChI=1S/C11H16F2O3/c1-11(2,3)16-10(15)6-4-7(12)9(14)8(13)5-6/h6-8H,4-5H2,1-3H3. The van der Waals surface area contributed by atoms with Crippen LogP contribution in [0.15, 0.2) is 0 Å². The van der Waals surface area contributed by atoms with Gasteiger partial charge in [0.15, 0.2) is 12.3 Å². The van der Waals surface area contributed by atoms with E-state index in [1.807, 2.05) is 0 Å². The molecule has 0 N–H and O–H groups in total. The summed E-state index contributed by atoms with van der Waals surface area (Å²) >= 11 is 0. The molecule has 0 radical (unpaired) electrons. The van der Waals surface area contributed by atoms with Crippen molar-refractivity contribution in [2.45, 2.75) is 51.6 Å². The number of hydrogen-bond acceptors (Lipinski definition) is 3. The van der Waals surface area contributed by atoms with Gasteiger partial charge in [-0.25, -0.2) is 8.78 Å². The quantitative estimate of drug-likeness (QED) is 0.651. The van der Waals surface area contributed by atoms with Crippen molar-refractivity contribution < 1.29 is 23.1 Å². The van der Waals surface area contributed by atoms with E-state index in [1.165, 1.54) is 0 Å². The lowest BCUT2D eigenvalue weighted by molar-refractivity contribution is -0.163. The molecule has 0 heterocycles. The van der Waals surface area contributed by atoms with Crippen LogP contribution in [0.25, 0.3) is 0 Å². The first-order valence-electron chi connectivity index (χ1n) is 5.25. The van der Waals surface area contributed by atoms with E-state index in [0.717, 1.165) is 0 Å². The summed E-state index contributed by atoms with van der Waals surface area (Å²) in [5.41, 5.74) is -0.684. The van der Waals surface area contributed by atoms with Gasteiger partial charge in [-0.3, -0.25) is 9.59 Å². The van der Waals surface area contributed by atoms with Crippen LogP contribution >= 0.6 is 0 Å². The van der Waals surface area contributed by atoms with E-state index in [2.05, 4.69) is 0 Å². The minimum atomic E-state index is -1.89. The number of ketones is 1. The first-order valence-corrected chi connectivity index (χ1v) is 5.25. The molecule has 16 heavy (non-hydrogen) atoms. The van der Waals surface area contributed by atoms with E-state index in [1.54, 1.807) is 20.8 Å². The number of rotatable bonds is 1. The summed E-state index contributed by atoms with van der Waals surface area (Å²) in [7, 11) is 0. The van der Waals surface area contributed by atoms with Crippen molar-refractivity contribution in [2.75, 3.05) is 0 Å². The summed E-state index contributed by atoms with van der Waals surface area (Å²) in [6, 6.07) is 0. The van der Waals surface area contributed by atoms with Crippen LogP contribution in [0.5, 0.6) is 0 Å². The van der Waals surface area contributed by atoms with Gasteiger partial charge in [0.2, 0.25) is 5.78 Å². The molecule has 1 rings (SSSR count). The van der Waals surface area contributed by atoms with E-state index in [9.17, 15) is 18.4 Å². The van der Waals surface area contributed by atoms with Gasteiger partial charge in [0.05, 0.1) is 5.92 Å². The summed E-state index contributed by atoms with van der Waals surface area (Å²) in [6.07, 6.45) is -4.31. The molecule has 0 aliphatic heterocycles. The molecule has 2 atom stereocenters. The van der Waals surface area contributed by atoms with Crippen LogP contribution < -0.4 is 0 Å². The van der Waals surface area contributed by atoms with Gasteiger partial charge >= 0.3 is 5.97 Å². The number of halogens is 2. The van der Waals surface area contributed by atoms with Gasteiger partial charge in [0.25, 0.3) is 0 Å². The molecule has 0 aromatic rings. The van der Waals surface area contributed by atoms with Crippen LogP contribution in [0.4, 0.5) is 8.78 Å². The number of carbonyl (C=O) groups is 2. The average Bonchev–Trinajstić information content (AvgIpc) is 2.10. The Balaban J connectivity index is 2.62. The van der Waals surface area contributed by atoms with E-state index >= 15 is 0 Å². The van der Waals surface area contributed by atoms with Crippen molar-refractivity contribution in [2.24, 2.45) is 5.92 Å². The maximum absolute atomic E-state index is 13.1. The van der Waals surface area contributed by atoms with Crippen molar-refractivity contribution in [3.8, 4) is 0 Å². The van der Waals surface area contributed by atoms with Crippen molar-refractivity contribution in [1.82, 2.24) is 0 Å². The minimum Gasteiger partial charge on any atom is -0.460 e. The molecule has 0 spiro atoms. The first kappa shape index (κ1) is 13.1. The van der Waals surface area contributed by atoms with Gasteiger partial charge in [0, 0.05) is 0 Å². The highest BCUT2D eigenvalue weighted by Gasteiger charge is 2.41. The third kappa shape index (κ3) is 3.25. The van der Waals surface area contributed by atoms with Gasteiger partial charge in [-0.2, -0.15) is 0 Å². The summed E-state index contributed by atoms with van der Waals surface area (Å²) in [4.78, 5) is 22.4. The Labute approximate surface area is 93.2 Å². The molecular formula is C11H16F2O3. The SMILES string of the molecule is CC(C)(C)OC(=O)C1CC(F)C(=O)C(F)C1. The molecule has 0 amide bonds. The fraction of sp³-hybridized carbons (Fsp3) is 0.818. The molecule has 1 fully saturated rings. The molecular weight excluding hydrogens is 218 g/mol. The molecule has 0 aromatic heterocycles. The monoisotopic (exact) mass is 234 g/mol. The smallest absolute Gasteiger partial charge is 0.309 e. The van der Waals surface area contributed by atoms with Crippen molar-refractivity contribution in [3.05, 3.63) is 0 Å². The van der Waals surface area contributed by atoms with Crippen LogP contribution in [-0.2, 0) is 14.3 Å². The summed E-state index contributed by atoms with van der Waals surface area (Å²) in [5, 5.41) is 0. The second-order valence-corrected chi connectivity index (χ2v) is 5.04. The lowest BCUT2D eigenvalue weighted by Crippen LogP contribution is -2.40. The number of carbonyl (C=O) groups excluding carboxylic acids is 2.